The maximum absolute atomic E-state index is 10.8. The molecule has 1 aromatic carbocycles. The lowest BCUT2D eigenvalue weighted by atomic mass is 10.0. The third-order valence-electron chi connectivity index (χ3n) is 3.00. The van der Waals surface area contributed by atoms with Gasteiger partial charge >= 0.3 is 0 Å². The van der Waals surface area contributed by atoms with Gasteiger partial charge in [0.05, 0.1) is 0 Å². The second kappa shape index (κ2) is 4.95. The number of aromatic nitrogens is 2. The van der Waals surface area contributed by atoms with Gasteiger partial charge in [-0.15, -0.1) is 0 Å². The summed E-state index contributed by atoms with van der Waals surface area (Å²) in [6.45, 7) is 5.07. The van der Waals surface area contributed by atoms with Crippen LogP contribution in [0.15, 0.2) is 30.6 Å². The van der Waals surface area contributed by atoms with Crippen molar-refractivity contribution in [3.63, 3.8) is 0 Å². The molecular weight excluding hydrogens is 212 g/mol. The van der Waals surface area contributed by atoms with E-state index in [1.807, 2.05) is 30.6 Å². The first-order chi connectivity index (χ1) is 8.24. The van der Waals surface area contributed by atoms with E-state index in [-0.39, 0.29) is 0 Å². The highest BCUT2D eigenvalue weighted by Gasteiger charge is 2.06. The first-order valence-corrected chi connectivity index (χ1v) is 5.79. The molecule has 2 rings (SSSR count). The molecule has 0 fully saturated rings. The van der Waals surface area contributed by atoms with Crippen LogP contribution in [0.4, 0.5) is 0 Å². The van der Waals surface area contributed by atoms with Gasteiger partial charge in [0.1, 0.15) is 12.1 Å². The fraction of sp³-hybridized carbons (Fsp3) is 0.286. The van der Waals surface area contributed by atoms with Gasteiger partial charge in [-0.1, -0.05) is 12.1 Å². The van der Waals surface area contributed by atoms with Gasteiger partial charge in [0.25, 0.3) is 0 Å². The van der Waals surface area contributed by atoms with Crippen LogP contribution in [0.2, 0.25) is 0 Å². The molecule has 0 bridgehead atoms. The number of hydrogen-bond donors (Lipinski definition) is 0. The SMILES string of the molecule is CCn1ccnc1Cc1cc(C=O)ccc1C. The first kappa shape index (κ1) is 11.6. The minimum Gasteiger partial charge on any atom is -0.335 e. The number of aryl methyl sites for hydroxylation is 2. The van der Waals surface area contributed by atoms with Crippen LogP contribution in [0.5, 0.6) is 0 Å². The Morgan fingerprint density at radius 3 is 2.94 bits per heavy atom. The lowest BCUT2D eigenvalue weighted by Crippen LogP contribution is -2.03. The summed E-state index contributed by atoms with van der Waals surface area (Å²) in [5.74, 6) is 1.04. The second-order valence-electron chi connectivity index (χ2n) is 4.11. The van der Waals surface area contributed by atoms with E-state index < -0.39 is 0 Å². The predicted molar refractivity (Wildman–Crippen MR) is 67.3 cm³/mol. The van der Waals surface area contributed by atoms with E-state index in [1.165, 1.54) is 5.56 Å². The Morgan fingerprint density at radius 2 is 2.24 bits per heavy atom. The van der Waals surface area contributed by atoms with Crippen molar-refractivity contribution >= 4 is 6.29 Å². The third kappa shape index (κ3) is 2.44. The van der Waals surface area contributed by atoms with E-state index in [1.54, 1.807) is 0 Å². The Kier molecular flexibility index (Phi) is 3.38. The average Bonchev–Trinajstić information content (AvgIpc) is 2.79. The molecule has 0 unspecified atom stereocenters. The molecule has 0 N–H and O–H groups in total. The summed E-state index contributed by atoms with van der Waals surface area (Å²) in [6.07, 6.45) is 5.45. The molecule has 3 heteroatoms. The highest BCUT2D eigenvalue weighted by atomic mass is 16.1. The van der Waals surface area contributed by atoms with E-state index in [2.05, 4.69) is 23.4 Å². The van der Waals surface area contributed by atoms with Crippen molar-refractivity contribution in [2.75, 3.05) is 0 Å². The van der Waals surface area contributed by atoms with Crippen LogP contribution in [0.25, 0.3) is 0 Å². The fourth-order valence-electron chi connectivity index (χ4n) is 1.92. The standard InChI is InChI=1S/C14H16N2O/c1-3-16-7-6-15-14(16)9-13-8-12(10-17)5-4-11(13)2/h4-8,10H,3,9H2,1-2H3. The molecule has 0 aliphatic rings. The maximum atomic E-state index is 10.8. The fourth-order valence-corrected chi connectivity index (χ4v) is 1.92. The number of carbonyl (C=O) groups is 1. The number of aldehydes is 1. The van der Waals surface area contributed by atoms with Crippen LogP contribution in [0.3, 0.4) is 0 Å². The molecule has 17 heavy (non-hydrogen) atoms. The van der Waals surface area contributed by atoms with Crippen molar-refractivity contribution in [2.24, 2.45) is 0 Å². The number of nitrogens with zero attached hydrogens (tertiary/aromatic N) is 2. The van der Waals surface area contributed by atoms with Crippen LogP contribution in [-0.4, -0.2) is 15.8 Å². The molecule has 1 aromatic heterocycles. The van der Waals surface area contributed by atoms with Crippen LogP contribution in [0, 0.1) is 6.92 Å². The Balaban J connectivity index is 2.32. The number of hydrogen-bond acceptors (Lipinski definition) is 2. The molecular formula is C14H16N2O. The lowest BCUT2D eigenvalue weighted by molar-refractivity contribution is 0.112. The summed E-state index contributed by atoms with van der Waals surface area (Å²) in [4.78, 5) is 15.1. The van der Waals surface area contributed by atoms with Gasteiger partial charge in [0, 0.05) is 30.9 Å². The average molecular weight is 228 g/mol. The molecule has 0 saturated heterocycles. The number of rotatable bonds is 4. The van der Waals surface area contributed by atoms with Gasteiger partial charge in [-0.05, 0) is 31.0 Å². The van der Waals surface area contributed by atoms with Gasteiger partial charge in [-0.3, -0.25) is 4.79 Å². The minimum absolute atomic E-state index is 0.722. The summed E-state index contributed by atoms with van der Waals surface area (Å²) in [5, 5.41) is 0. The van der Waals surface area contributed by atoms with Crippen molar-refractivity contribution < 1.29 is 4.79 Å². The highest BCUT2D eigenvalue weighted by Crippen LogP contribution is 2.14. The van der Waals surface area contributed by atoms with E-state index in [9.17, 15) is 4.79 Å². The molecule has 1 heterocycles. The van der Waals surface area contributed by atoms with Crippen LogP contribution in [-0.2, 0) is 13.0 Å². The first-order valence-electron chi connectivity index (χ1n) is 5.79. The summed E-state index contributed by atoms with van der Waals surface area (Å²) < 4.78 is 2.12. The molecule has 88 valence electrons. The largest absolute Gasteiger partial charge is 0.335 e. The van der Waals surface area contributed by atoms with E-state index in [4.69, 9.17) is 0 Å². The van der Waals surface area contributed by atoms with Crippen LogP contribution < -0.4 is 0 Å². The van der Waals surface area contributed by atoms with E-state index >= 15 is 0 Å². The van der Waals surface area contributed by atoms with Crippen molar-refractivity contribution in [2.45, 2.75) is 26.8 Å². The lowest BCUT2D eigenvalue weighted by Gasteiger charge is -2.08. The van der Waals surface area contributed by atoms with Crippen molar-refractivity contribution in [1.82, 2.24) is 9.55 Å². The molecule has 0 atom stereocenters. The molecule has 0 aliphatic heterocycles. The second-order valence-corrected chi connectivity index (χ2v) is 4.11. The van der Waals surface area contributed by atoms with Crippen molar-refractivity contribution in [1.29, 1.82) is 0 Å². The molecule has 0 saturated carbocycles. The Hall–Kier alpha value is -1.90. The van der Waals surface area contributed by atoms with E-state index in [0.717, 1.165) is 36.2 Å². The molecule has 0 spiro atoms. The van der Waals surface area contributed by atoms with Crippen LogP contribution >= 0.6 is 0 Å². The molecule has 3 nitrogen and oxygen atoms in total. The molecule has 0 amide bonds. The van der Waals surface area contributed by atoms with Crippen molar-refractivity contribution in [3.8, 4) is 0 Å². The summed E-state index contributed by atoms with van der Waals surface area (Å²) in [7, 11) is 0. The Labute approximate surface area is 101 Å². The zero-order valence-electron chi connectivity index (χ0n) is 10.2. The zero-order valence-corrected chi connectivity index (χ0v) is 10.2. The minimum atomic E-state index is 0.722. The molecule has 0 aliphatic carbocycles. The van der Waals surface area contributed by atoms with Crippen LogP contribution in [0.1, 0.15) is 34.2 Å². The van der Waals surface area contributed by atoms with Gasteiger partial charge < -0.3 is 4.57 Å². The normalized spacial score (nSPS) is 10.5. The quantitative estimate of drug-likeness (QED) is 0.754. The summed E-state index contributed by atoms with van der Waals surface area (Å²) in [5.41, 5.74) is 3.08. The predicted octanol–water partition coefficient (Wildman–Crippen LogP) is 2.61. The zero-order chi connectivity index (χ0) is 12.3. The summed E-state index contributed by atoms with van der Waals surface area (Å²) >= 11 is 0. The number of carbonyl (C=O) groups excluding carboxylic acids is 1. The van der Waals surface area contributed by atoms with Gasteiger partial charge in [0.15, 0.2) is 0 Å². The third-order valence-corrected chi connectivity index (χ3v) is 3.00. The van der Waals surface area contributed by atoms with Crippen molar-refractivity contribution in [3.05, 3.63) is 53.1 Å². The summed E-state index contributed by atoms with van der Waals surface area (Å²) in [6, 6.07) is 5.77. The monoisotopic (exact) mass is 228 g/mol. The van der Waals surface area contributed by atoms with Gasteiger partial charge in [-0.25, -0.2) is 4.98 Å². The smallest absolute Gasteiger partial charge is 0.150 e. The Bertz CT molecular complexity index is 529. The van der Waals surface area contributed by atoms with E-state index in [0.29, 0.717) is 0 Å². The number of imidazole rings is 1. The van der Waals surface area contributed by atoms with Gasteiger partial charge in [0.2, 0.25) is 0 Å². The number of benzene rings is 1. The molecule has 0 radical (unpaired) electrons. The molecule has 2 aromatic rings. The Morgan fingerprint density at radius 1 is 1.41 bits per heavy atom. The highest BCUT2D eigenvalue weighted by molar-refractivity contribution is 5.75. The maximum Gasteiger partial charge on any atom is 0.150 e. The van der Waals surface area contributed by atoms with Gasteiger partial charge in [-0.2, -0.15) is 0 Å². The topological polar surface area (TPSA) is 34.9 Å².